The topological polar surface area (TPSA) is 56.3 Å². The number of fused-ring (bicyclic) bond motifs is 1. The van der Waals surface area contributed by atoms with Crippen LogP contribution in [0, 0.1) is 0 Å². The molecule has 0 bridgehead atoms. The number of rotatable bonds is 8. The Morgan fingerprint density at radius 1 is 0.714 bits per heavy atom. The number of aromatic nitrogens is 2. The van der Waals surface area contributed by atoms with Gasteiger partial charge in [0.1, 0.15) is 11.6 Å². The second kappa shape index (κ2) is 11.9. The first-order valence-corrected chi connectivity index (χ1v) is 9.58. The Morgan fingerprint density at radius 2 is 1.36 bits per heavy atom. The summed E-state index contributed by atoms with van der Waals surface area (Å²) in [5.74, 6) is 1.89. The number of hydrogen-bond donors (Lipinski definition) is 2. The van der Waals surface area contributed by atoms with Crippen molar-refractivity contribution in [2.45, 2.75) is 0 Å². The first-order chi connectivity index (χ1) is 13.5. The van der Waals surface area contributed by atoms with Crippen molar-refractivity contribution >= 4 is 22.5 Å². The van der Waals surface area contributed by atoms with Crippen LogP contribution < -0.4 is 10.6 Å². The Labute approximate surface area is 168 Å². The lowest BCUT2D eigenvalue weighted by molar-refractivity contribution is 0.425. The Balaban J connectivity index is 0.000000209. The molecule has 150 valence electrons. The molecule has 6 nitrogen and oxygen atoms in total. The van der Waals surface area contributed by atoms with Crippen LogP contribution in [0.5, 0.6) is 0 Å². The van der Waals surface area contributed by atoms with Crippen molar-refractivity contribution in [1.29, 1.82) is 0 Å². The number of hydrogen-bond acceptors (Lipinski definition) is 6. The van der Waals surface area contributed by atoms with Crippen molar-refractivity contribution in [3.8, 4) is 0 Å². The van der Waals surface area contributed by atoms with Crippen molar-refractivity contribution in [3.05, 3.63) is 60.8 Å². The van der Waals surface area contributed by atoms with Gasteiger partial charge in [-0.2, -0.15) is 0 Å². The van der Waals surface area contributed by atoms with Crippen molar-refractivity contribution in [1.82, 2.24) is 19.8 Å². The highest BCUT2D eigenvalue weighted by molar-refractivity contribution is 5.80. The van der Waals surface area contributed by atoms with E-state index in [1.54, 1.807) is 6.20 Å². The molecule has 0 unspecified atom stereocenters. The summed E-state index contributed by atoms with van der Waals surface area (Å²) >= 11 is 0. The van der Waals surface area contributed by atoms with Gasteiger partial charge in [0.2, 0.25) is 0 Å². The predicted molar refractivity (Wildman–Crippen MR) is 120 cm³/mol. The Morgan fingerprint density at radius 3 is 2.00 bits per heavy atom. The zero-order valence-corrected chi connectivity index (χ0v) is 17.4. The average molecular weight is 381 g/mol. The summed E-state index contributed by atoms with van der Waals surface area (Å²) < 4.78 is 0. The van der Waals surface area contributed by atoms with Crippen LogP contribution in [-0.4, -0.2) is 74.1 Å². The number of para-hydroxylation sites is 1. The van der Waals surface area contributed by atoms with E-state index in [1.807, 2.05) is 42.5 Å². The van der Waals surface area contributed by atoms with E-state index in [9.17, 15) is 0 Å². The molecule has 28 heavy (non-hydrogen) atoms. The molecule has 0 saturated carbocycles. The highest BCUT2D eigenvalue weighted by Crippen LogP contribution is 2.14. The highest BCUT2D eigenvalue weighted by Gasteiger charge is 1.97. The Bertz CT molecular complexity index is 804. The summed E-state index contributed by atoms with van der Waals surface area (Å²) in [7, 11) is 8.24. The van der Waals surface area contributed by atoms with Crippen LogP contribution in [0.15, 0.2) is 60.8 Å². The summed E-state index contributed by atoms with van der Waals surface area (Å²) in [5, 5.41) is 7.72. The molecule has 2 N–H and O–H groups in total. The average Bonchev–Trinajstić information content (AvgIpc) is 2.69. The number of likely N-dealkylation sites (N-methyl/N-ethyl adjacent to an activating group) is 2. The third kappa shape index (κ3) is 8.33. The largest absolute Gasteiger partial charge is 0.369 e. The number of anilines is 2. The van der Waals surface area contributed by atoms with Gasteiger partial charge in [0.25, 0.3) is 0 Å². The van der Waals surface area contributed by atoms with E-state index in [1.165, 1.54) is 5.39 Å². The van der Waals surface area contributed by atoms with E-state index in [4.69, 9.17) is 0 Å². The molecule has 6 heteroatoms. The number of benzene rings is 1. The van der Waals surface area contributed by atoms with E-state index in [0.29, 0.717) is 0 Å². The van der Waals surface area contributed by atoms with Crippen LogP contribution in [0.4, 0.5) is 11.6 Å². The molecule has 3 aromatic rings. The molecule has 0 saturated heterocycles. The molecule has 0 aliphatic carbocycles. The van der Waals surface area contributed by atoms with Gasteiger partial charge in [0.05, 0.1) is 5.52 Å². The first-order valence-electron chi connectivity index (χ1n) is 9.58. The van der Waals surface area contributed by atoms with Gasteiger partial charge < -0.3 is 20.4 Å². The molecule has 0 amide bonds. The van der Waals surface area contributed by atoms with E-state index in [0.717, 1.165) is 43.3 Å². The predicted octanol–water partition coefficient (Wildman–Crippen LogP) is 3.26. The lowest BCUT2D eigenvalue weighted by Gasteiger charge is -2.11. The maximum atomic E-state index is 4.54. The van der Waals surface area contributed by atoms with Crippen molar-refractivity contribution < 1.29 is 0 Å². The monoisotopic (exact) mass is 380 g/mol. The van der Waals surface area contributed by atoms with Crippen LogP contribution in [0.2, 0.25) is 0 Å². The summed E-state index contributed by atoms with van der Waals surface area (Å²) in [6.07, 6.45) is 1.79. The van der Waals surface area contributed by atoms with E-state index < -0.39 is 0 Å². The van der Waals surface area contributed by atoms with E-state index >= 15 is 0 Å². The van der Waals surface area contributed by atoms with Crippen LogP contribution >= 0.6 is 0 Å². The van der Waals surface area contributed by atoms with Gasteiger partial charge in [-0.3, -0.25) is 0 Å². The molecule has 0 aliphatic rings. The minimum Gasteiger partial charge on any atom is -0.369 e. The summed E-state index contributed by atoms with van der Waals surface area (Å²) in [6, 6.07) is 18.1. The molecule has 2 aromatic heterocycles. The number of nitrogens with zero attached hydrogens (tertiary/aromatic N) is 4. The third-order valence-corrected chi connectivity index (χ3v) is 3.99. The van der Waals surface area contributed by atoms with Gasteiger partial charge in [0.15, 0.2) is 0 Å². The lowest BCUT2D eigenvalue weighted by atomic mass is 10.2. The van der Waals surface area contributed by atoms with Crippen molar-refractivity contribution in [3.63, 3.8) is 0 Å². The van der Waals surface area contributed by atoms with E-state index in [-0.39, 0.29) is 0 Å². The molecule has 2 heterocycles. The molecule has 3 rings (SSSR count). The fraction of sp³-hybridized carbons (Fsp3) is 0.364. The zero-order valence-electron chi connectivity index (χ0n) is 17.4. The maximum absolute atomic E-state index is 4.54. The second-order valence-electron chi connectivity index (χ2n) is 7.06. The number of pyridine rings is 2. The van der Waals surface area contributed by atoms with Gasteiger partial charge in [-0.1, -0.05) is 24.3 Å². The Hall–Kier alpha value is -2.70. The minimum atomic E-state index is 0.915. The van der Waals surface area contributed by atoms with Crippen molar-refractivity contribution in [2.75, 3.05) is 65.0 Å². The lowest BCUT2D eigenvalue weighted by Crippen LogP contribution is -2.21. The maximum Gasteiger partial charge on any atom is 0.126 e. The second-order valence-corrected chi connectivity index (χ2v) is 7.06. The van der Waals surface area contributed by atoms with Crippen LogP contribution in [0.25, 0.3) is 10.9 Å². The quantitative estimate of drug-likeness (QED) is 0.626. The summed E-state index contributed by atoms with van der Waals surface area (Å²) in [6.45, 7) is 3.88. The molecule has 1 aromatic carbocycles. The minimum absolute atomic E-state index is 0.915. The molecule has 0 fully saturated rings. The molecular formula is C22H32N6. The Kier molecular flexibility index (Phi) is 9.18. The van der Waals surface area contributed by atoms with E-state index in [2.05, 4.69) is 70.7 Å². The summed E-state index contributed by atoms with van der Waals surface area (Å²) in [4.78, 5) is 13.0. The normalized spacial score (nSPS) is 10.6. The molecule has 0 radical (unpaired) electrons. The van der Waals surface area contributed by atoms with Crippen molar-refractivity contribution in [2.24, 2.45) is 0 Å². The molecule has 0 spiro atoms. The van der Waals surface area contributed by atoms with Gasteiger partial charge >= 0.3 is 0 Å². The standard InChI is InChI=1S/C13H17N3.C9H15N3/c1-16(2)10-9-14-13-8-7-11-5-3-4-6-12(11)15-13;1-12(2)8-7-11-9-5-3-4-6-10-9/h3-8H,9-10H2,1-2H3,(H,14,15);3-6H,7-8H2,1-2H3,(H,10,11). The SMILES string of the molecule is CN(C)CCNc1ccc2ccccc2n1.CN(C)CCNc1ccccn1. The van der Waals surface area contributed by atoms with Gasteiger partial charge in [-0.05, 0) is 58.5 Å². The van der Waals surface area contributed by atoms with Crippen LogP contribution in [-0.2, 0) is 0 Å². The molecule has 0 atom stereocenters. The zero-order chi connectivity index (χ0) is 20.2. The summed E-state index contributed by atoms with van der Waals surface area (Å²) in [5.41, 5.74) is 1.04. The number of nitrogens with one attached hydrogen (secondary N) is 2. The fourth-order valence-electron chi connectivity index (χ4n) is 2.45. The van der Waals surface area contributed by atoms with Gasteiger partial charge in [-0.15, -0.1) is 0 Å². The van der Waals surface area contributed by atoms with Gasteiger partial charge in [0, 0.05) is 37.8 Å². The molecule has 0 aliphatic heterocycles. The fourth-order valence-corrected chi connectivity index (χ4v) is 2.45. The van der Waals surface area contributed by atoms with Crippen LogP contribution in [0.3, 0.4) is 0 Å². The first kappa shape index (κ1) is 21.6. The van der Waals surface area contributed by atoms with Crippen LogP contribution in [0.1, 0.15) is 0 Å². The third-order valence-electron chi connectivity index (χ3n) is 3.99. The highest BCUT2D eigenvalue weighted by atomic mass is 15.1. The molecular weight excluding hydrogens is 348 g/mol. The van der Waals surface area contributed by atoms with Gasteiger partial charge in [-0.25, -0.2) is 9.97 Å². The smallest absolute Gasteiger partial charge is 0.126 e.